The second kappa shape index (κ2) is 8.70. The zero-order chi connectivity index (χ0) is 23.0. The Morgan fingerprint density at radius 2 is 1.97 bits per heavy atom. The van der Waals surface area contributed by atoms with Gasteiger partial charge in [0.2, 0.25) is 0 Å². The summed E-state index contributed by atoms with van der Waals surface area (Å²) in [4.78, 5) is 18.8. The minimum absolute atomic E-state index is 0.0121. The predicted molar refractivity (Wildman–Crippen MR) is 132 cm³/mol. The summed E-state index contributed by atoms with van der Waals surface area (Å²) in [5, 5.41) is 4.19. The summed E-state index contributed by atoms with van der Waals surface area (Å²) in [6.07, 6.45) is 0.954. The van der Waals surface area contributed by atoms with Crippen LogP contribution in [0, 0.1) is 5.82 Å². The van der Waals surface area contributed by atoms with Crippen molar-refractivity contribution in [1.29, 1.82) is 0 Å². The molecule has 4 rings (SSSR count). The third-order valence-corrected chi connectivity index (χ3v) is 6.83. The van der Waals surface area contributed by atoms with Crippen LogP contribution in [-0.4, -0.2) is 34.6 Å². The summed E-state index contributed by atoms with van der Waals surface area (Å²) in [6, 6.07) is 13.1. The van der Waals surface area contributed by atoms with Crippen LogP contribution in [-0.2, 0) is 5.41 Å². The summed E-state index contributed by atoms with van der Waals surface area (Å²) in [5.41, 5.74) is 7.68. The van der Waals surface area contributed by atoms with E-state index in [1.54, 1.807) is 12.1 Å². The monoisotopic (exact) mass is 452 g/mol. The number of rotatable bonds is 3. The van der Waals surface area contributed by atoms with Gasteiger partial charge in [0.25, 0.3) is 5.24 Å². The Hall–Kier alpha value is -2.67. The minimum Gasteiger partial charge on any atom is -0.326 e. The molecule has 5 nitrogen and oxygen atoms in total. The highest BCUT2D eigenvalue weighted by molar-refractivity contribution is 8.14. The smallest absolute Gasteiger partial charge is 0.299 e. The third kappa shape index (κ3) is 4.44. The summed E-state index contributed by atoms with van der Waals surface area (Å²) in [6.45, 7) is 11.4. The van der Waals surface area contributed by atoms with Gasteiger partial charge in [-0.25, -0.2) is 9.82 Å². The molecule has 1 N–H and O–H groups in total. The Balaban J connectivity index is 1.80. The lowest BCUT2D eigenvalue weighted by atomic mass is 9.76. The maximum atomic E-state index is 13.6. The number of amides is 1. The number of hydrazone groups is 1. The molecule has 0 spiro atoms. The minimum atomic E-state index is -0.255. The van der Waals surface area contributed by atoms with Gasteiger partial charge in [0.1, 0.15) is 11.7 Å². The number of nitrogens with zero attached hydrogens (tertiary/aromatic N) is 3. The first kappa shape index (κ1) is 22.5. The van der Waals surface area contributed by atoms with Crippen molar-refractivity contribution < 1.29 is 9.18 Å². The maximum Gasteiger partial charge on any atom is 0.299 e. The fourth-order valence-electron chi connectivity index (χ4n) is 4.22. The molecule has 2 aromatic carbocycles. The molecule has 0 radical (unpaired) electrons. The molecule has 2 heterocycles. The van der Waals surface area contributed by atoms with Crippen molar-refractivity contribution in [1.82, 2.24) is 5.43 Å². The third-order valence-electron chi connectivity index (χ3n) is 5.95. The zero-order valence-corrected chi connectivity index (χ0v) is 20.0. The largest absolute Gasteiger partial charge is 0.326 e. The quantitative estimate of drug-likeness (QED) is 0.479. The fraction of sp³-hybridized carbons (Fsp3) is 0.400. The van der Waals surface area contributed by atoms with Gasteiger partial charge >= 0.3 is 0 Å². The Morgan fingerprint density at radius 3 is 2.62 bits per heavy atom. The van der Waals surface area contributed by atoms with Crippen LogP contribution in [0.3, 0.4) is 0 Å². The molecule has 0 bridgehead atoms. The highest BCUT2D eigenvalue weighted by Gasteiger charge is 2.34. The van der Waals surface area contributed by atoms with E-state index < -0.39 is 0 Å². The van der Waals surface area contributed by atoms with Gasteiger partial charge in [0, 0.05) is 23.8 Å². The number of amidine groups is 1. The molecule has 1 amide bonds. The number of benzene rings is 2. The molecule has 0 aromatic heterocycles. The van der Waals surface area contributed by atoms with Crippen LogP contribution in [0.25, 0.3) is 0 Å². The number of aliphatic imine (C=N–C) groups is 1. The Labute approximate surface area is 193 Å². The summed E-state index contributed by atoms with van der Waals surface area (Å²) < 4.78 is 13.6. The van der Waals surface area contributed by atoms with Crippen molar-refractivity contribution in [2.24, 2.45) is 10.1 Å². The Kier molecular flexibility index (Phi) is 6.12. The first-order chi connectivity index (χ1) is 15.2. The molecule has 0 saturated carbocycles. The second-order valence-electron chi connectivity index (χ2n) is 9.23. The van der Waals surface area contributed by atoms with Crippen molar-refractivity contribution in [3.8, 4) is 0 Å². The van der Waals surface area contributed by atoms with E-state index in [0.29, 0.717) is 0 Å². The van der Waals surface area contributed by atoms with Crippen molar-refractivity contribution >= 4 is 34.2 Å². The van der Waals surface area contributed by atoms with Crippen molar-refractivity contribution in [3.63, 3.8) is 0 Å². The van der Waals surface area contributed by atoms with E-state index in [1.807, 2.05) is 6.92 Å². The topological polar surface area (TPSA) is 57.1 Å². The molecule has 2 aromatic rings. The van der Waals surface area contributed by atoms with Crippen LogP contribution in [0.15, 0.2) is 52.6 Å². The van der Waals surface area contributed by atoms with E-state index >= 15 is 0 Å². The fourth-order valence-corrected chi connectivity index (χ4v) is 4.94. The zero-order valence-electron chi connectivity index (χ0n) is 19.1. The molecule has 0 aliphatic carbocycles. The average Bonchev–Trinajstić information content (AvgIpc) is 2.73. The lowest BCUT2D eigenvalue weighted by molar-refractivity contribution is 0.261. The van der Waals surface area contributed by atoms with Crippen molar-refractivity contribution in [3.05, 3.63) is 65.0 Å². The molecule has 1 unspecified atom stereocenters. The van der Waals surface area contributed by atoms with Gasteiger partial charge in [-0.05, 0) is 80.1 Å². The maximum absolute atomic E-state index is 13.6. The molecule has 1 atom stereocenters. The number of carbonyl (C=O) groups excluding carboxylic acids is 1. The molecule has 2 aliphatic heterocycles. The van der Waals surface area contributed by atoms with E-state index in [-0.39, 0.29) is 27.8 Å². The first-order valence-electron chi connectivity index (χ1n) is 11.0. The number of halogens is 1. The number of nitrogens with one attached hydrogen (secondary N) is 1. The lowest BCUT2D eigenvalue weighted by Gasteiger charge is -2.41. The van der Waals surface area contributed by atoms with Gasteiger partial charge in [-0.1, -0.05) is 31.7 Å². The number of hydrogen-bond acceptors (Lipinski definition) is 4. The van der Waals surface area contributed by atoms with Gasteiger partial charge in [0.15, 0.2) is 0 Å². The van der Waals surface area contributed by atoms with Crippen LogP contribution in [0.2, 0.25) is 0 Å². The van der Waals surface area contributed by atoms with Crippen LogP contribution in [0.1, 0.15) is 57.7 Å². The number of carbonyl (C=O) groups is 1. The first-order valence-corrected chi connectivity index (χ1v) is 11.8. The van der Waals surface area contributed by atoms with Gasteiger partial charge < -0.3 is 4.90 Å². The Morgan fingerprint density at radius 1 is 1.25 bits per heavy atom. The number of thioether (sulfide) groups is 1. The number of anilines is 1. The van der Waals surface area contributed by atoms with E-state index in [0.717, 1.165) is 41.3 Å². The lowest BCUT2D eigenvalue weighted by Crippen LogP contribution is -2.42. The summed E-state index contributed by atoms with van der Waals surface area (Å²) in [7, 11) is 0. The predicted octanol–water partition coefficient (Wildman–Crippen LogP) is 5.72. The van der Waals surface area contributed by atoms with E-state index in [2.05, 4.69) is 61.3 Å². The molecule has 168 valence electrons. The molecule has 0 fully saturated rings. The van der Waals surface area contributed by atoms with Gasteiger partial charge in [-0.3, -0.25) is 9.79 Å². The van der Waals surface area contributed by atoms with Gasteiger partial charge in [-0.15, -0.1) is 0 Å². The summed E-state index contributed by atoms with van der Waals surface area (Å²) >= 11 is 1.25. The highest BCUT2D eigenvalue weighted by atomic mass is 32.2. The molecule has 2 aliphatic rings. The Bertz CT molecular complexity index is 1090. The molecule has 32 heavy (non-hydrogen) atoms. The normalized spacial score (nSPS) is 20.7. The molecular weight excluding hydrogens is 423 g/mol. The van der Waals surface area contributed by atoms with Crippen LogP contribution in [0.4, 0.5) is 14.9 Å². The van der Waals surface area contributed by atoms with Crippen LogP contribution in [0.5, 0.6) is 0 Å². The van der Waals surface area contributed by atoms with Crippen LogP contribution >= 0.6 is 11.8 Å². The van der Waals surface area contributed by atoms with Crippen molar-refractivity contribution in [2.75, 3.05) is 11.4 Å². The van der Waals surface area contributed by atoms with Crippen LogP contribution < -0.4 is 10.3 Å². The van der Waals surface area contributed by atoms with E-state index in [4.69, 9.17) is 4.99 Å². The number of hydrogen-bond donors (Lipinski definition) is 1. The van der Waals surface area contributed by atoms with E-state index in [1.165, 1.54) is 29.5 Å². The summed E-state index contributed by atoms with van der Waals surface area (Å²) in [5.74, 6) is 0.602. The SMILES string of the molecule is CC(C)N=C(c1ccc(F)cc1)N1CCC(C)(C)c2cc(C3=NNC(=O)SC3C)ccc21. The van der Waals surface area contributed by atoms with E-state index in [9.17, 15) is 9.18 Å². The second-order valence-corrected chi connectivity index (χ2v) is 10.5. The average molecular weight is 453 g/mol. The standard InChI is InChI=1S/C25H29FN4OS/c1-15(2)27-23(17-6-9-19(26)10-7-17)30-13-12-25(4,5)20-14-18(8-11-21(20)30)22-16(3)32-24(31)29-28-22/h6-11,14-16H,12-13H2,1-5H3,(H,29,31). The molecule has 0 saturated heterocycles. The molecule has 7 heteroatoms. The molecular formula is C25H29FN4OS. The highest BCUT2D eigenvalue weighted by Crippen LogP contribution is 2.41. The number of fused-ring (bicyclic) bond motifs is 1. The van der Waals surface area contributed by atoms with Gasteiger partial charge in [-0.2, -0.15) is 5.10 Å². The van der Waals surface area contributed by atoms with Gasteiger partial charge in [0.05, 0.1) is 11.0 Å². The van der Waals surface area contributed by atoms with Crippen molar-refractivity contribution in [2.45, 2.75) is 57.7 Å².